The Balaban J connectivity index is 1.53. The van der Waals surface area contributed by atoms with Crippen LogP contribution in [0, 0.1) is 23.6 Å². The molecule has 3 aromatic carbocycles. The molecule has 0 spiro atoms. The molecule has 5 nitrogen and oxygen atoms in total. The number of hydrogen-bond acceptors (Lipinski definition) is 4. The van der Waals surface area contributed by atoms with E-state index in [2.05, 4.69) is 16.7 Å². The summed E-state index contributed by atoms with van der Waals surface area (Å²) in [7, 11) is 3.60. The van der Waals surface area contributed by atoms with Gasteiger partial charge < -0.3 is 19.6 Å². The minimum atomic E-state index is -0.521. The third-order valence-electron chi connectivity index (χ3n) is 7.16. The number of anilines is 1. The van der Waals surface area contributed by atoms with Crippen LogP contribution in [0.2, 0.25) is 0 Å². The summed E-state index contributed by atoms with van der Waals surface area (Å²) in [4.78, 5) is 17.3. The first-order valence-corrected chi connectivity index (χ1v) is 11.7. The van der Waals surface area contributed by atoms with Crippen molar-refractivity contribution in [2.45, 2.75) is 18.5 Å². The minimum absolute atomic E-state index is 0.0160. The number of likely N-dealkylation sites (tertiary alicyclic amines) is 1. The SMILES string of the molecule is COc1ccc(C#Cc2ccc3c(c2)[C@@H]2[C@@H](CCN2C(=O)c2ccccc2F)[C@@H](CO)N3C)cc1. The second kappa shape index (κ2) is 9.44. The van der Waals surface area contributed by atoms with Crippen molar-refractivity contribution in [2.75, 3.05) is 32.2 Å². The van der Waals surface area contributed by atoms with Crippen molar-refractivity contribution in [1.82, 2.24) is 4.90 Å². The number of methoxy groups -OCH3 is 1. The maximum Gasteiger partial charge on any atom is 0.257 e. The van der Waals surface area contributed by atoms with Gasteiger partial charge in [-0.15, -0.1) is 0 Å². The summed E-state index contributed by atoms with van der Waals surface area (Å²) in [6, 6.07) is 19.3. The summed E-state index contributed by atoms with van der Waals surface area (Å²) in [5, 5.41) is 10.2. The fraction of sp³-hybridized carbons (Fsp3) is 0.276. The quantitative estimate of drug-likeness (QED) is 0.582. The Morgan fingerprint density at radius 1 is 1.09 bits per heavy atom. The van der Waals surface area contributed by atoms with Crippen LogP contribution in [0.4, 0.5) is 10.1 Å². The van der Waals surface area contributed by atoms with Gasteiger partial charge in [-0.25, -0.2) is 4.39 Å². The van der Waals surface area contributed by atoms with Gasteiger partial charge in [0, 0.05) is 36.3 Å². The maximum atomic E-state index is 14.5. The molecule has 1 fully saturated rings. The van der Waals surface area contributed by atoms with Crippen LogP contribution < -0.4 is 9.64 Å². The molecule has 3 aromatic rings. The second-order valence-electron chi connectivity index (χ2n) is 8.99. The zero-order chi connectivity index (χ0) is 24.5. The number of ether oxygens (including phenoxy) is 1. The van der Waals surface area contributed by atoms with E-state index in [0.717, 1.165) is 34.5 Å². The lowest BCUT2D eigenvalue weighted by Gasteiger charge is -2.44. The third kappa shape index (κ3) is 4.13. The first kappa shape index (κ1) is 22.9. The lowest BCUT2D eigenvalue weighted by atomic mass is 9.81. The Morgan fingerprint density at radius 3 is 2.51 bits per heavy atom. The molecule has 0 unspecified atom stereocenters. The molecule has 1 amide bonds. The number of aliphatic hydroxyl groups is 1. The number of rotatable bonds is 3. The number of carbonyl (C=O) groups excluding carboxylic acids is 1. The molecule has 0 saturated carbocycles. The summed E-state index contributed by atoms with van der Waals surface area (Å²) in [5.41, 5.74) is 3.71. The van der Waals surface area contributed by atoms with Crippen LogP contribution in [0.5, 0.6) is 5.75 Å². The van der Waals surface area contributed by atoms with Gasteiger partial charge in [-0.2, -0.15) is 0 Å². The highest BCUT2D eigenvalue weighted by atomic mass is 19.1. The molecule has 2 aliphatic rings. The van der Waals surface area contributed by atoms with Crippen LogP contribution in [-0.4, -0.2) is 49.3 Å². The van der Waals surface area contributed by atoms with Gasteiger partial charge in [0.25, 0.3) is 5.91 Å². The molecular weight excluding hydrogens is 443 g/mol. The number of fused-ring (bicyclic) bond motifs is 3. The molecule has 1 N–H and O–H groups in total. The molecule has 0 aromatic heterocycles. The standard InChI is InChI=1S/C29H27FN2O3/c1-31-26-14-11-20(8-7-19-9-12-21(35-2)13-10-19)17-24(26)28-23(27(31)18-33)15-16-32(28)29(34)22-5-3-4-6-25(22)30/h3-6,9-14,17,23,27-28,33H,15-16,18H2,1-2H3/t23-,27+,28-/m0/s1. The van der Waals surface area contributed by atoms with Gasteiger partial charge in [0.05, 0.1) is 31.4 Å². The Hall–Kier alpha value is -3.82. The van der Waals surface area contributed by atoms with E-state index in [1.54, 1.807) is 24.1 Å². The number of hydrogen-bond donors (Lipinski definition) is 1. The molecule has 1 saturated heterocycles. The number of nitrogens with zero attached hydrogens (tertiary/aromatic N) is 2. The number of carbonyl (C=O) groups is 1. The average molecular weight is 471 g/mol. The van der Waals surface area contributed by atoms with Crippen LogP contribution in [0.15, 0.2) is 66.7 Å². The first-order chi connectivity index (χ1) is 17.0. The number of halogens is 1. The highest BCUT2D eigenvalue weighted by Crippen LogP contribution is 2.49. The van der Waals surface area contributed by atoms with Crippen molar-refractivity contribution in [3.8, 4) is 17.6 Å². The summed E-state index contributed by atoms with van der Waals surface area (Å²) in [5.74, 6) is 6.39. The molecule has 2 heterocycles. The zero-order valence-corrected chi connectivity index (χ0v) is 19.7. The zero-order valence-electron chi connectivity index (χ0n) is 19.7. The Kier molecular flexibility index (Phi) is 6.19. The van der Waals surface area contributed by atoms with Crippen molar-refractivity contribution in [3.63, 3.8) is 0 Å². The van der Waals surface area contributed by atoms with Crippen LogP contribution in [0.3, 0.4) is 0 Å². The molecule has 3 atom stereocenters. The Labute approximate surface area is 204 Å². The lowest BCUT2D eigenvalue weighted by molar-refractivity contribution is 0.0689. The maximum absolute atomic E-state index is 14.5. The van der Waals surface area contributed by atoms with Crippen LogP contribution in [-0.2, 0) is 0 Å². The highest BCUT2D eigenvalue weighted by molar-refractivity contribution is 5.95. The fourth-order valence-corrected chi connectivity index (χ4v) is 5.37. The third-order valence-corrected chi connectivity index (χ3v) is 7.16. The van der Waals surface area contributed by atoms with E-state index in [1.807, 2.05) is 49.5 Å². The molecule has 5 rings (SSSR count). The second-order valence-corrected chi connectivity index (χ2v) is 8.99. The van der Waals surface area contributed by atoms with Gasteiger partial charge in [-0.05, 0) is 66.6 Å². The van der Waals surface area contributed by atoms with E-state index in [9.17, 15) is 14.3 Å². The molecule has 0 radical (unpaired) electrons. The number of aliphatic hydroxyl groups excluding tert-OH is 1. The van der Waals surface area contributed by atoms with Gasteiger partial charge in [0.2, 0.25) is 0 Å². The fourth-order valence-electron chi connectivity index (χ4n) is 5.37. The number of likely N-dealkylation sites (N-methyl/N-ethyl adjacent to an activating group) is 1. The van der Waals surface area contributed by atoms with Crippen LogP contribution in [0.1, 0.15) is 39.5 Å². The lowest BCUT2D eigenvalue weighted by Crippen LogP contribution is -2.48. The smallest absolute Gasteiger partial charge is 0.257 e. The summed E-state index contributed by atoms with van der Waals surface area (Å²) >= 11 is 0. The van der Waals surface area contributed by atoms with E-state index in [0.29, 0.717) is 6.54 Å². The largest absolute Gasteiger partial charge is 0.497 e. The van der Waals surface area contributed by atoms with Crippen LogP contribution in [0.25, 0.3) is 0 Å². The molecule has 2 aliphatic heterocycles. The van der Waals surface area contributed by atoms with Gasteiger partial charge in [0.1, 0.15) is 11.6 Å². The van der Waals surface area contributed by atoms with E-state index in [-0.39, 0.29) is 36.1 Å². The monoisotopic (exact) mass is 470 g/mol. The van der Waals surface area contributed by atoms with E-state index < -0.39 is 5.82 Å². The summed E-state index contributed by atoms with van der Waals surface area (Å²) < 4.78 is 19.7. The first-order valence-electron chi connectivity index (χ1n) is 11.7. The van der Waals surface area contributed by atoms with E-state index in [4.69, 9.17) is 4.74 Å². The van der Waals surface area contributed by atoms with Gasteiger partial charge >= 0.3 is 0 Å². The molecule has 178 valence electrons. The molecule has 35 heavy (non-hydrogen) atoms. The topological polar surface area (TPSA) is 53.0 Å². The molecule has 0 bridgehead atoms. The molecule has 6 heteroatoms. The van der Waals surface area contributed by atoms with Crippen LogP contribution >= 0.6 is 0 Å². The Morgan fingerprint density at radius 2 is 1.80 bits per heavy atom. The summed E-state index contributed by atoms with van der Waals surface area (Å²) in [6.45, 7) is 0.492. The average Bonchev–Trinajstić information content (AvgIpc) is 3.33. The number of benzene rings is 3. The molecular formula is C29H27FN2O3. The van der Waals surface area contributed by atoms with Gasteiger partial charge in [-0.3, -0.25) is 4.79 Å². The predicted molar refractivity (Wildman–Crippen MR) is 133 cm³/mol. The highest BCUT2D eigenvalue weighted by Gasteiger charge is 2.48. The Bertz CT molecular complexity index is 1310. The number of amides is 1. The molecule has 0 aliphatic carbocycles. The van der Waals surface area contributed by atoms with Crippen molar-refractivity contribution < 1.29 is 19.0 Å². The van der Waals surface area contributed by atoms with Gasteiger partial charge in [-0.1, -0.05) is 24.0 Å². The van der Waals surface area contributed by atoms with Crippen molar-refractivity contribution in [1.29, 1.82) is 0 Å². The van der Waals surface area contributed by atoms with Crippen molar-refractivity contribution in [2.24, 2.45) is 5.92 Å². The van der Waals surface area contributed by atoms with Crippen molar-refractivity contribution in [3.05, 3.63) is 94.8 Å². The minimum Gasteiger partial charge on any atom is -0.497 e. The predicted octanol–water partition coefficient (Wildman–Crippen LogP) is 4.25. The van der Waals surface area contributed by atoms with E-state index in [1.165, 1.54) is 12.1 Å². The van der Waals surface area contributed by atoms with Crippen molar-refractivity contribution >= 4 is 11.6 Å². The summed E-state index contributed by atoms with van der Waals surface area (Å²) in [6.07, 6.45) is 0.738. The van der Waals surface area contributed by atoms with E-state index >= 15 is 0 Å². The van der Waals surface area contributed by atoms with Gasteiger partial charge in [0.15, 0.2) is 0 Å². The normalized spacial score (nSPS) is 20.5.